The van der Waals surface area contributed by atoms with Crippen molar-refractivity contribution < 1.29 is 16.9 Å². The second-order valence-corrected chi connectivity index (χ2v) is 14.7. The molecule has 44 heavy (non-hydrogen) atoms. The molecule has 0 aliphatic carbocycles. The van der Waals surface area contributed by atoms with Gasteiger partial charge in [-0.15, -0.1) is 0 Å². The third kappa shape index (κ3) is 33.6. The monoisotopic (exact) mass is 642 g/mol. The van der Waals surface area contributed by atoms with Gasteiger partial charge in [0, 0.05) is 0 Å². The highest BCUT2D eigenvalue weighted by atomic mass is 35.5. The summed E-state index contributed by atoms with van der Waals surface area (Å²) >= 11 is 0. The quantitative estimate of drug-likeness (QED) is 0.0464. The van der Waals surface area contributed by atoms with E-state index in [-0.39, 0.29) is 12.4 Å². The van der Waals surface area contributed by atoms with Crippen LogP contribution in [0, 0.1) is 0 Å². The first kappa shape index (κ1) is 46.4. The molecule has 2 heteroatoms. The highest BCUT2D eigenvalue weighted by Gasteiger charge is 2.21. The molecular formula is C42H88ClN. The van der Waals surface area contributed by atoms with Crippen LogP contribution < -0.4 is 12.4 Å². The van der Waals surface area contributed by atoms with Crippen molar-refractivity contribution in [3.63, 3.8) is 0 Å². The van der Waals surface area contributed by atoms with Crippen LogP contribution >= 0.6 is 0 Å². The molecule has 268 valence electrons. The van der Waals surface area contributed by atoms with Crippen molar-refractivity contribution >= 4 is 0 Å². The molecule has 0 N–H and O–H groups in total. The van der Waals surface area contributed by atoms with Crippen molar-refractivity contribution in [3.8, 4) is 0 Å². The fourth-order valence-corrected chi connectivity index (χ4v) is 7.31. The van der Waals surface area contributed by atoms with Gasteiger partial charge in [-0.2, -0.15) is 0 Å². The SMILES string of the molecule is CCCCCCCCCCCCCCCCCCC[N+](CC)(CC)CCCCCCCCCCCCCCCCCCC.[Cl-]. The molecule has 0 amide bonds. The lowest BCUT2D eigenvalue weighted by molar-refractivity contribution is -0.925. The van der Waals surface area contributed by atoms with E-state index in [2.05, 4.69) is 27.7 Å². The van der Waals surface area contributed by atoms with Crippen LogP contribution in [0.4, 0.5) is 0 Å². The normalized spacial score (nSPS) is 11.7. The van der Waals surface area contributed by atoms with Crippen molar-refractivity contribution in [1.29, 1.82) is 0 Å². The smallest absolute Gasteiger partial charge is 0.0786 e. The van der Waals surface area contributed by atoms with Crippen LogP contribution in [0.15, 0.2) is 0 Å². The van der Waals surface area contributed by atoms with Crippen LogP contribution in [0.5, 0.6) is 0 Å². The molecule has 0 spiro atoms. The van der Waals surface area contributed by atoms with Gasteiger partial charge < -0.3 is 16.9 Å². The van der Waals surface area contributed by atoms with Crippen molar-refractivity contribution in [2.75, 3.05) is 26.2 Å². The Morgan fingerprint density at radius 3 is 0.545 bits per heavy atom. The minimum Gasteiger partial charge on any atom is -1.00 e. The van der Waals surface area contributed by atoms with E-state index >= 15 is 0 Å². The van der Waals surface area contributed by atoms with E-state index in [4.69, 9.17) is 0 Å². The summed E-state index contributed by atoms with van der Waals surface area (Å²) in [4.78, 5) is 0. The summed E-state index contributed by atoms with van der Waals surface area (Å²) in [6, 6.07) is 0. The summed E-state index contributed by atoms with van der Waals surface area (Å²) in [5.41, 5.74) is 0. The Kier molecular flexibility index (Phi) is 41.6. The Balaban J connectivity index is 0. The molecular weight excluding hydrogens is 554 g/mol. The van der Waals surface area contributed by atoms with E-state index in [9.17, 15) is 0 Å². The number of nitrogens with zero attached hydrogens (tertiary/aromatic N) is 1. The third-order valence-corrected chi connectivity index (χ3v) is 10.8. The molecule has 0 saturated heterocycles. The first-order valence-corrected chi connectivity index (χ1v) is 21.1. The minimum absolute atomic E-state index is 0. The molecule has 0 fully saturated rings. The van der Waals surface area contributed by atoms with Crippen LogP contribution in [0.1, 0.15) is 246 Å². The lowest BCUT2D eigenvalue weighted by atomic mass is 10.0. The number of quaternary nitrogens is 1. The zero-order valence-electron chi connectivity index (χ0n) is 31.7. The zero-order chi connectivity index (χ0) is 31.4. The summed E-state index contributed by atoms with van der Waals surface area (Å²) in [7, 11) is 0. The lowest BCUT2D eigenvalue weighted by Crippen LogP contribution is -3.00. The first-order chi connectivity index (χ1) is 21.2. The first-order valence-electron chi connectivity index (χ1n) is 21.1. The highest BCUT2D eigenvalue weighted by Crippen LogP contribution is 2.18. The summed E-state index contributed by atoms with van der Waals surface area (Å²) in [6.07, 6.45) is 50.0. The topological polar surface area (TPSA) is 0 Å². The molecule has 0 aromatic carbocycles. The average molecular weight is 643 g/mol. The summed E-state index contributed by atoms with van der Waals surface area (Å²) in [5.74, 6) is 0. The zero-order valence-corrected chi connectivity index (χ0v) is 32.5. The Morgan fingerprint density at radius 2 is 0.386 bits per heavy atom. The van der Waals surface area contributed by atoms with Gasteiger partial charge in [0.05, 0.1) is 26.2 Å². The predicted molar refractivity (Wildman–Crippen MR) is 199 cm³/mol. The molecule has 0 aromatic heterocycles. The van der Waals surface area contributed by atoms with Crippen molar-refractivity contribution in [3.05, 3.63) is 0 Å². The Labute approximate surface area is 288 Å². The molecule has 0 heterocycles. The predicted octanol–water partition coefficient (Wildman–Crippen LogP) is 12.2. The maximum atomic E-state index is 2.45. The van der Waals surface area contributed by atoms with Crippen LogP contribution in [-0.4, -0.2) is 30.7 Å². The lowest BCUT2D eigenvalue weighted by Gasteiger charge is -2.37. The van der Waals surface area contributed by atoms with Crippen LogP contribution in [-0.2, 0) is 0 Å². The molecule has 0 aromatic rings. The molecule has 1 nitrogen and oxygen atoms in total. The van der Waals surface area contributed by atoms with Gasteiger partial charge in [0.15, 0.2) is 0 Å². The highest BCUT2D eigenvalue weighted by molar-refractivity contribution is 4.53. The average Bonchev–Trinajstić information content (AvgIpc) is 3.03. The second-order valence-electron chi connectivity index (χ2n) is 14.7. The van der Waals surface area contributed by atoms with E-state index in [0.29, 0.717) is 0 Å². The number of halogens is 1. The van der Waals surface area contributed by atoms with Gasteiger partial charge in [-0.05, 0) is 39.5 Å². The summed E-state index contributed by atoms with van der Waals surface area (Å²) in [6.45, 7) is 15.1. The van der Waals surface area contributed by atoms with E-state index in [1.807, 2.05) is 0 Å². The minimum atomic E-state index is 0. The number of unbranched alkanes of at least 4 members (excludes halogenated alkanes) is 32. The van der Waals surface area contributed by atoms with Gasteiger partial charge in [0.25, 0.3) is 0 Å². The van der Waals surface area contributed by atoms with Gasteiger partial charge in [-0.3, -0.25) is 0 Å². The molecule has 0 aliphatic heterocycles. The Hall–Kier alpha value is 0.250. The van der Waals surface area contributed by atoms with Gasteiger partial charge in [0.1, 0.15) is 0 Å². The Morgan fingerprint density at radius 1 is 0.227 bits per heavy atom. The maximum absolute atomic E-state index is 2.45. The molecule has 0 saturated carbocycles. The fourth-order valence-electron chi connectivity index (χ4n) is 7.31. The Bertz CT molecular complexity index is 448. The van der Waals surface area contributed by atoms with Gasteiger partial charge in [-0.1, -0.05) is 206 Å². The van der Waals surface area contributed by atoms with Crippen LogP contribution in [0.3, 0.4) is 0 Å². The largest absolute Gasteiger partial charge is 1.00 e. The van der Waals surface area contributed by atoms with Crippen molar-refractivity contribution in [2.45, 2.75) is 246 Å². The number of hydrogen-bond acceptors (Lipinski definition) is 0. The molecule has 0 rings (SSSR count). The number of hydrogen-bond donors (Lipinski definition) is 0. The molecule has 0 bridgehead atoms. The second kappa shape index (κ2) is 39.4. The van der Waals surface area contributed by atoms with Gasteiger partial charge >= 0.3 is 0 Å². The van der Waals surface area contributed by atoms with E-state index in [1.54, 1.807) is 0 Å². The molecule has 0 radical (unpaired) electrons. The van der Waals surface area contributed by atoms with Crippen LogP contribution in [0.25, 0.3) is 0 Å². The van der Waals surface area contributed by atoms with Crippen molar-refractivity contribution in [1.82, 2.24) is 0 Å². The van der Waals surface area contributed by atoms with Gasteiger partial charge in [-0.25, -0.2) is 0 Å². The number of rotatable bonds is 38. The molecule has 0 atom stereocenters. The van der Waals surface area contributed by atoms with E-state index in [1.165, 1.54) is 249 Å². The fraction of sp³-hybridized carbons (Fsp3) is 1.00. The van der Waals surface area contributed by atoms with Gasteiger partial charge in [0.2, 0.25) is 0 Å². The van der Waals surface area contributed by atoms with Crippen molar-refractivity contribution in [2.24, 2.45) is 0 Å². The standard InChI is InChI=1S/C42H88N.ClH/c1-5-9-11-13-15-17-19-21-23-25-27-29-31-33-35-37-39-41-43(7-3,8-4)42-40-38-36-34-32-30-28-26-24-22-20-18-16-14-12-10-6-2;/h5-42H2,1-4H3;1H/q+1;/p-1. The molecule has 0 aliphatic rings. The van der Waals surface area contributed by atoms with Crippen LogP contribution in [0.2, 0.25) is 0 Å². The summed E-state index contributed by atoms with van der Waals surface area (Å²) in [5, 5.41) is 0. The summed E-state index contributed by atoms with van der Waals surface area (Å²) < 4.78 is 1.39. The van der Waals surface area contributed by atoms with E-state index < -0.39 is 0 Å². The van der Waals surface area contributed by atoms with E-state index in [0.717, 1.165) is 0 Å². The third-order valence-electron chi connectivity index (χ3n) is 10.8. The molecule has 0 unspecified atom stereocenters. The maximum Gasteiger partial charge on any atom is 0.0786 e.